The third-order valence-electron chi connectivity index (χ3n) is 3.49. The summed E-state index contributed by atoms with van der Waals surface area (Å²) in [6.45, 7) is 4.11. The SMILES string of the molecule is Cc1nccn1CCCCNC(=O)c1ccc(CN)cc1. The Labute approximate surface area is 125 Å². The molecule has 0 aliphatic heterocycles. The van der Waals surface area contributed by atoms with Crippen molar-refractivity contribution in [3.05, 3.63) is 53.6 Å². The van der Waals surface area contributed by atoms with Crippen molar-refractivity contribution < 1.29 is 4.79 Å². The van der Waals surface area contributed by atoms with E-state index in [1.807, 2.05) is 43.6 Å². The number of carbonyl (C=O) groups excluding carboxylic acids is 1. The number of unbranched alkanes of at least 4 members (excludes halogenated alkanes) is 1. The topological polar surface area (TPSA) is 72.9 Å². The number of rotatable bonds is 7. The molecule has 2 aromatic rings. The minimum absolute atomic E-state index is 0.0302. The van der Waals surface area contributed by atoms with Crippen LogP contribution < -0.4 is 11.1 Å². The number of aromatic nitrogens is 2. The molecule has 112 valence electrons. The molecule has 0 radical (unpaired) electrons. The molecule has 0 aliphatic carbocycles. The maximum Gasteiger partial charge on any atom is 0.251 e. The first kappa shape index (κ1) is 15.3. The highest BCUT2D eigenvalue weighted by atomic mass is 16.1. The van der Waals surface area contributed by atoms with Crippen molar-refractivity contribution in [3.8, 4) is 0 Å². The smallest absolute Gasteiger partial charge is 0.251 e. The average Bonchev–Trinajstić information content (AvgIpc) is 2.92. The minimum Gasteiger partial charge on any atom is -0.352 e. The molecule has 1 heterocycles. The maximum atomic E-state index is 11.9. The van der Waals surface area contributed by atoms with E-state index in [-0.39, 0.29) is 5.91 Å². The molecule has 0 atom stereocenters. The van der Waals surface area contributed by atoms with E-state index in [2.05, 4.69) is 14.9 Å². The summed E-state index contributed by atoms with van der Waals surface area (Å²) in [5.74, 6) is 0.997. The first-order valence-electron chi connectivity index (χ1n) is 7.25. The Hall–Kier alpha value is -2.14. The van der Waals surface area contributed by atoms with E-state index in [1.54, 1.807) is 0 Å². The van der Waals surface area contributed by atoms with Crippen LogP contribution in [0.1, 0.15) is 34.6 Å². The molecule has 1 aromatic heterocycles. The molecular formula is C16H22N4O. The maximum absolute atomic E-state index is 11.9. The zero-order valence-electron chi connectivity index (χ0n) is 12.4. The quantitative estimate of drug-likeness (QED) is 0.763. The Bertz CT molecular complexity index is 574. The van der Waals surface area contributed by atoms with Gasteiger partial charge in [-0.15, -0.1) is 0 Å². The predicted octanol–water partition coefficient (Wildman–Crippen LogP) is 1.86. The number of imidazole rings is 1. The van der Waals surface area contributed by atoms with Crippen molar-refractivity contribution in [1.82, 2.24) is 14.9 Å². The molecular weight excluding hydrogens is 264 g/mol. The number of nitrogens with zero attached hydrogens (tertiary/aromatic N) is 2. The first-order valence-corrected chi connectivity index (χ1v) is 7.25. The summed E-state index contributed by atoms with van der Waals surface area (Å²) in [7, 11) is 0. The third-order valence-corrected chi connectivity index (χ3v) is 3.49. The molecule has 2 rings (SSSR count). The van der Waals surface area contributed by atoms with Crippen LogP contribution in [0.15, 0.2) is 36.7 Å². The molecule has 21 heavy (non-hydrogen) atoms. The van der Waals surface area contributed by atoms with Crippen molar-refractivity contribution in [2.24, 2.45) is 5.73 Å². The van der Waals surface area contributed by atoms with Crippen molar-refractivity contribution in [2.45, 2.75) is 32.9 Å². The summed E-state index contributed by atoms with van der Waals surface area (Å²) in [6, 6.07) is 7.40. The summed E-state index contributed by atoms with van der Waals surface area (Å²) >= 11 is 0. The summed E-state index contributed by atoms with van der Waals surface area (Å²) in [4.78, 5) is 16.1. The second-order valence-corrected chi connectivity index (χ2v) is 5.03. The second-order valence-electron chi connectivity index (χ2n) is 5.03. The van der Waals surface area contributed by atoms with Gasteiger partial charge in [0.25, 0.3) is 5.91 Å². The molecule has 3 N–H and O–H groups in total. The lowest BCUT2D eigenvalue weighted by atomic mass is 10.1. The van der Waals surface area contributed by atoms with Crippen LogP contribution in [0.25, 0.3) is 0 Å². The minimum atomic E-state index is -0.0302. The monoisotopic (exact) mass is 286 g/mol. The van der Waals surface area contributed by atoms with Crippen LogP contribution in [0.2, 0.25) is 0 Å². The molecule has 5 nitrogen and oxygen atoms in total. The predicted molar refractivity (Wildman–Crippen MR) is 82.9 cm³/mol. The van der Waals surface area contributed by atoms with Gasteiger partial charge in [-0.25, -0.2) is 4.98 Å². The zero-order valence-corrected chi connectivity index (χ0v) is 12.4. The summed E-state index contributed by atoms with van der Waals surface area (Å²) < 4.78 is 2.12. The summed E-state index contributed by atoms with van der Waals surface area (Å²) in [5.41, 5.74) is 7.24. The fourth-order valence-corrected chi connectivity index (χ4v) is 2.14. The largest absolute Gasteiger partial charge is 0.352 e. The van der Waals surface area contributed by atoms with E-state index in [9.17, 15) is 4.79 Å². The van der Waals surface area contributed by atoms with Crippen LogP contribution in [-0.4, -0.2) is 22.0 Å². The van der Waals surface area contributed by atoms with Gasteiger partial charge in [0.05, 0.1) is 0 Å². The highest BCUT2D eigenvalue weighted by molar-refractivity contribution is 5.94. The molecule has 0 aliphatic rings. The molecule has 0 unspecified atom stereocenters. The van der Waals surface area contributed by atoms with Gasteiger partial charge in [0.1, 0.15) is 5.82 Å². The molecule has 0 spiro atoms. The Morgan fingerprint density at radius 3 is 2.67 bits per heavy atom. The summed E-state index contributed by atoms with van der Waals surface area (Å²) in [5, 5.41) is 2.94. The number of hydrogen-bond donors (Lipinski definition) is 2. The number of benzene rings is 1. The van der Waals surface area contributed by atoms with Crippen molar-refractivity contribution >= 4 is 5.91 Å². The number of aryl methyl sites for hydroxylation is 2. The highest BCUT2D eigenvalue weighted by Gasteiger charge is 2.04. The van der Waals surface area contributed by atoms with Gasteiger partial charge >= 0.3 is 0 Å². The van der Waals surface area contributed by atoms with Crippen LogP contribution in [-0.2, 0) is 13.1 Å². The van der Waals surface area contributed by atoms with Crippen molar-refractivity contribution in [3.63, 3.8) is 0 Å². The molecule has 0 saturated carbocycles. The third kappa shape index (κ3) is 4.43. The average molecular weight is 286 g/mol. The van der Waals surface area contributed by atoms with E-state index in [4.69, 9.17) is 5.73 Å². The van der Waals surface area contributed by atoms with Crippen molar-refractivity contribution in [1.29, 1.82) is 0 Å². The van der Waals surface area contributed by atoms with E-state index >= 15 is 0 Å². The van der Waals surface area contributed by atoms with Crippen molar-refractivity contribution in [2.75, 3.05) is 6.54 Å². The Morgan fingerprint density at radius 2 is 2.05 bits per heavy atom. The van der Waals surface area contributed by atoms with Gasteiger partial charge in [0.15, 0.2) is 0 Å². The van der Waals surface area contributed by atoms with E-state index in [0.717, 1.165) is 30.8 Å². The number of nitrogens with one attached hydrogen (secondary N) is 1. The number of amides is 1. The molecule has 5 heteroatoms. The fourth-order valence-electron chi connectivity index (χ4n) is 2.14. The lowest BCUT2D eigenvalue weighted by molar-refractivity contribution is 0.0953. The molecule has 0 fully saturated rings. The van der Waals surface area contributed by atoms with Gasteiger partial charge < -0.3 is 15.6 Å². The standard InChI is InChI=1S/C16H22N4O/c1-13-18-9-11-20(13)10-3-2-8-19-16(21)15-6-4-14(12-17)5-7-15/h4-7,9,11H,2-3,8,10,12,17H2,1H3,(H,19,21). The van der Waals surface area contributed by atoms with Gasteiger partial charge in [-0.3, -0.25) is 4.79 Å². The van der Waals surface area contributed by atoms with Crippen LogP contribution in [0, 0.1) is 6.92 Å². The molecule has 1 aromatic carbocycles. The zero-order chi connectivity index (χ0) is 15.1. The Kier molecular flexibility index (Phi) is 5.51. The van der Waals surface area contributed by atoms with Gasteiger partial charge in [-0.2, -0.15) is 0 Å². The first-order chi connectivity index (χ1) is 10.2. The Morgan fingerprint density at radius 1 is 1.29 bits per heavy atom. The number of carbonyl (C=O) groups is 1. The lowest BCUT2D eigenvalue weighted by Crippen LogP contribution is -2.24. The molecule has 0 saturated heterocycles. The second kappa shape index (κ2) is 7.59. The van der Waals surface area contributed by atoms with Crippen LogP contribution in [0.4, 0.5) is 0 Å². The number of nitrogens with two attached hydrogens (primary N) is 1. The Balaban J connectivity index is 1.68. The van der Waals surface area contributed by atoms with Gasteiger partial charge in [-0.05, 0) is 37.5 Å². The highest BCUT2D eigenvalue weighted by Crippen LogP contribution is 2.04. The van der Waals surface area contributed by atoms with E-state index < -0.39 is 0 Å². The van der Waals surface area contributed by atoms with E-state index in [0.29, 0.717) is 18.7 Å². The van der Waals surface area contributed by atoms with Crippen LogP contribution >= 0.6 is 0 Å². The van der Waals surface area contributed by atoms with Crippen LogP contribution in [0.3, 0.4) is 0 Å². The lowest BCUT2D eigenvalue weighted by Gasteiger charge is -2.07. The molecule has 1 amide bonds. The number of hydrogen-bond acceptors (Lipinski definition) is 3. The van der Waals surface area contributed by atoms with E-state index in [1.165, 1.54) is 0 Å². The van der Waals surface area contributed by atoms with Gasteiger partial charge in [-0.1, -0.05) is 12.1 Å². The summed E-state index contributed by atoms with van der Waals surface area (Å²) in [6.07, 6.45) is 5.75. The molecule has 0 bridgehead atoms. The normalized spacial score (nSPS) is 10.6. The fraction of sp³-hybridized carbons (Fsp3) is 0.375. The van der Waals surface area contributed by atoms with Crippen LogP contribution in [0.5, 0.6) is 0 Å². The van der Waals surface area contributed by atoms with Gasteiger partial charge in [0.2, 0.25) is 0 Å². The van der Waals surface area contributed by atoms with Gasteiger partial charge in [0, 0.05) is 37.6 Å².